The summed E-state index contributed by atoms with van der Waals surface area (Å²) in [5.74, 6) is -3.27. The van der Waals surface area contributed by atoms with Gasteiger partial charge in [0.25, 0.3) is 5.91 Å². The van der Waals surface area contributed by atoms with Gasteiger partial charge >= 0.3 is 18.3 Å². The molecule has 0 spiro atoms. The molecular formula is C22H17F6N3O4. The maximum Gasteiger partial charge on any atom is 0.436 e. The number of carbonyl (C=O) groups excluding carboxylic acids is 1. The lowest BCUT2D eigenvalue weighted by Gasteiger charge is -2.16. The molecule has 0 aliphatic rings. The van der Waals surface area contributed by atoms with Crippen molar-refractivity contribution < 1.29 is 45.8 Å². The van der Waals surface area contributed by atoms with Gasteiger partial charge in [-0.3, -0.25) is 4.79 Å². The van der Waals surface area contributed by atoms with Gasteiger partial charge in [0.1, 0.15) is 11.3 Å². The first-order chi connectivity index (χ1) is 16.2. The van der Waals surface area contributed by atoms with E-state index in [0.717, 1.165) is 19.2 Å². The van der Waals surface area contributed by atoms with Gasteiger partial charge in [0.2, 0.25) is 5.88 Å². The van der Waals surface area contributed by atoms with Crippen molar-refractivity contribution in [2.45, 2.75) is 25.3 Å². The Hall–Kier alpha value is -4.03. The van der Waals surface area contributed by atoms with Crippen molar-refractivity contribution in [3.63, 3.8) is 0 Å². The van der Waals surface area contributed by atoms with Crippen molar-refractivity contribution in [2.24, 2.45) is 7.05 Å². The highest BCUT2D eigenvalue weighted by atomic mass is 19.4. The molecule has 0 unspecified atom stereocenters. The van der Waals surface area contributed by atoms with Gasteiger partial charge in [-0.05, 0) is 48.9 Å². The minimum Gasteiger partial charge on any atom is -0.478 e. The maximum absolute atomic E-state index is 13.6. The van der Waals surface area contributed by atoms with E-state index >= 15 is 0 Å². The summed E-state index contributed by atoms with van der Waals surface area (Å²) in [5, 5.41) is 14.7. The molecule has 0 bridgehead atoms. The van der Waals surface area contributed by atoms with Crippen molar-refractivity contribution in [1.82, 2.24) is 15.1 Å². The fourth-order valence-corrected chi connectivity index (χ4v) is 3.12. The Labute approximate surface area is 193 Å². The number of aromatic nitrogens is 2. The van der Waals surface area contributed by atoms with Crippen molar-refractivity contribution in [3.8, 4) is 11.6 Å². The van der Waals surface area contributed by atoms with Crippen LogP contribution in [0.3, 0.4) is 0 Å². The van der Waals surface area contributed by atoms with E-state index in [4.69, 9.17) is 9.84 Å². The number of carboxylic acid groups (broad SMARTS) is 1. The molecule has 2 aromatic carbocycles. The topological polar surface area (TPSA) is 93.5 Å². The van der Waals surface area contributed by atoms with Gasteiger partial charge in [0, 0.05) is 7.05 Å². The minimum atomic E-state index is -5.04. The Morgan fingerprint density at radius 3 is 2.03 bits per heavy atom. The zero-order chi connectivity index (χ0) is 26.1. The van der Waals surface area contributed by atoms with Crippen molar-refractivity contribution in [3.05, 3.63) is 76.5 Å². The molecule has 0 fully saturated rings. The summed E-state index contributed by atoms with van der Waals surface area (Å²) < 4.78 is 85.2. The number of alkyl halides is 6. The molecule has 0 saturated carbocycles. The molecule has 3 rings (SSSR count). The molecule has 13 heteroatoms. The highest BCUT2D eigenvalue weighted by molar-refractivity contribution is 5.98. The van der Waals surface area contributed by atoms with Crippen LogP contribution in [0.2, 0.25) is 0 Å². The number of benzene rings is 2. The van der Waals surface area contributed by atoms with E-state index < -0.39 is 53.0 Å². The molecule has 0 saturated heterocycles. The Bertz CT molecular complexity index is 1230. The number of nitrogens with one attached hydrogen (secondary N) is 1. The van der Waals surface area contributed by atoms with Crippen LogP contribution < -0.4 is 10.1 Å². The highest BCUT2D eigenvalue weighted by Gasteiger charge is 2.42. The number of amides is 1. The molecule has 1 atom stereocenters. The lowest BCUT2D eigenvalue weighted by Crippen LogP contribution is -2.28. The summed E-state index contributed by atoms with van der Waals surface area (Å²) in [7, 11) is 1.08. The number of nitrogens with zero attached hydrogens (tertiary/aromatic N) is 2. The molecule has 3 aromatic rings. The first-order valence-corrected chi connectivity index (χ1v) is 9.82. The molecule has 0 radical (unpaired) electrons. The predicted octanol–water partition coefficient (Wildman–Crippen LogP) is 5.44. The molecular weight excluding hydrogens is 484 g/mol. The van der Waals surface area contributed by atoms with Crippen molar-refractivity contribution in [1.29, 1.82) is 0 Å². The van der Waals surface area contributed by atoms with Crippen LogP contribution in [0.15, 0.2) is 48.5 Å². The van der Waals surface area contributed by atoms with E-state index in [2.05, 4.69) is 10.4 Å². The number of rotatable bonds is 6. The number of aryl methyl sites for hydroxylation is 1. The fourth-order valence-electron chi connectivity index (χ4n) is 3.12. The highest BCUT2D eigenvalue weighted by Crippen LogP contribution is 2.38. The molecule has 0 aliphatic heterocycles. The van der Waals surface area contributed by atoms with Crippen molar-refractivity contribution >= 4 is 11.9 Å². The number of aromatic carboxylic acids is 1. The second-order valence-electron chi connectivity index (χ2n) is 7.40. The zero-order valence-corrected chi connectivity index (χ0v) is 18.0. The van der Waals surface area contributed by atoms with Crippen LogP contribution in [0.5, 0.6) is 11.6 Å². The van der Waals surface area contributed by atoms with Crippen LogP contribution in [0.1, 0.15) is 50.5 Å². The Morgan fingerprint density at radius 1 is 0.971 bits per heavy atom. The van der Waals surface area contributed by atoms with E-state index in [-0.39, 0.29) is 11.3 Å². The monoisotopic (exact) mass is 501 g/mol. The molecule has 7 nitrogen and oxygen atoms in total. The van der Waals surface area contributed by atoms with Gasteiger partial charge in [0.05, 0.1) is 17.2 Å². The molecule has 2 N–H and O–H groups in total. The summed E-state index contributed by atoms with van der Waals surface area (Å²) >= 11 is 0. The van der Waals surface area contributed by atoms with Crippen molar-refractivity contribution in [2.75, 3.05) is 0 Å². The molecule has 35 heavy (non-hydrogen) atoms. The lowest BCUT2D eigenvalue weighted by atomic mass is 10.1. The second kappa shape index (κ2) is 9.31. The third-order valence-electron chi connectivity index (χ3n) is 4.89. The maximum atomic E-state index is 13.6. The van der Waals surface area contributed by atoms with Crippen LogP contribution in [0.4, 0.5) is 26.3 Å². The number of hydrogen-bond donors (Lipinski definition) is 2. The van der Waals surface area contributed by atoms with Gasteiger partial charge in [-0.1, -0.05) is 12.1 Å². The minimum absolute atomic E-state index is 0.0221. The van der Waals surface area contributed by atoms with E-state index in [9.17, 15) is 35.9 Å². The number of ether oxygens (including phenoxy) is 1. The predicted molar refractivity (Wildman–Crippen MR) is 109 cm³/mol. The summed E-state index contributed by atoms with van der Waals surface area (Å²) in [5.41, 5.74) is -3.12. The lowest BCUT2D eigenvalue weighted by molar-refractivity contribution is -0.142. The third kappa shape index (κ3) is 5.73. The fraction of sp³-hybridized carbons (Fsp3) is 0.227. The molecule has 186 valence electrons. The number of hydrogen-bond acceptors (Lipinski definition) is 4. The largest absolute Gasteiger partial charge is 0.478 e. The summed E-state index contributed by atoms with van der Waals surface area (Å²) in [6.45, 7) is 1.47. The van der Waals surface area contributed by atoms with Gasteiger partial charge in [-0.25, -0.2) is 9.48 Å². The van der Waals surface area contributed by atoms with Crippen LogP contribution in [0.25, 0.3) is 0 Å². The average Bonchev–Trinajstić information content (AvgIpc) is 3.10. The van der Waals surface area contributed by atoms with Gasteiger partial charge in [0.15, 0.2) is 5.69 Å². The first-order valence-electron chi connectivity index (χ1n) is 9.82. The summed E-state index contributed by atoms with van der Waals surface area (Å²) in [4.78, 5) is 23.9. The molecule has 0 aliphatic carbocycles. The second-order valence-corrected chi connectivity index (χ2v) is 7.40. The van der Waals surface area contributed by atoms with Gasteiger partial charge in [-0.2, -0.15) is 31.4 Å². The summed E-state index contributed by atoms with van der Waals surface area (Å²) in [6.07, 6.45) is -9.67. The normalized spacial score (nSPS) is 12.8. The van der Waals surface area contributed by atoms with Crippen LogP contribution in [-0.4, -0.2) is 26.8 Å². The zero-order valence-electron chi connectivity index (χ0n) is 18.0. The third-order valence-corrected chi connectivity index (χ3v) is 4.89. The first kappa shape index (κ1) is 25.6. The summed E-state index contributed by atoms with van der Waals surface area (Å²) in [6, 6.07) is 7.64. The molecule has 1 amide bonds. The Balaban J connectivity index is 1.93. The molecule has 1 aromatic heterocycles. The van der Waals surface area contributed by atoms with Crippen LogP contribution >= 0.6 is 0 Å². The van der Waals surface area contributed by atoms with Crippen LogP contribution in [0, 0.1) is 0 Å². The SMILES string of the molecule is C[C@H](NC(=O)c1c(C(F)(F)F)nn(C)c1Oc1ccc(C(F)(F)F)cc1)c1ccc(C(=O)O)cc1. The van der Waals surface area contributed by atoms with Gasteiger partial charge in [-0.15, -0.1) is 0 Å². The van der Waals surface area contributed by atoms with Crippen LogP contribution in [-0.2, 0) is 19.4 Å². The smallest absolute Gasteiger partial charge is 0.436 e. The van der Waals surface area contributed by atoms with E-state index in [0.29, 0.717) is 22.4 Å². The van der Waals surface area contributed by atoms with E-state index in [1.807, 2.05) is 0 Å². The quantitative estimate of drug-likeness (QED) is 0.439. The van der Waals surface area contributed by atoms with E-state index in [1.165, 1.54) is 31.2 Å². The number of halogens is 6. The number of carboxylic acids is 1. The average molecular weight is 501 g/mol. The van der Waals surface area contributed by atoms with Gasteiger partial charge < -0.3 is 15.2 Å². The molecule has 1 heterocycles. The van der Waals surface area contributed by atoms with E-state index in [1.54, 1.807) is 0 Å². The number of carbonyl (C=O) groups is 2. The Morgan fingerprint density at radius 2 is 1.54 bits per heavy atom. The Kier molecular flexibility index (Phi) is 6.81. The standard InChI is InChI=1S/C22H17F6N3O4/c1-11(12-3-5-13(6-4-12)20(33)34)29-18(32)16-17(22(26,27)28)30-31(2)19(16)35-15-9-7-14(8-10-15)21(23,24)25/h3-11H,1-2H3,(H,29,32)(H,33,34)/t11-/m0/s1.